The van der Waals surface area contributed by atoms with Crippen LogP contribution in [0.4, 0.5) is 0 Å². The van der Waals surface area contributed by atoms with Crippen molar-refractivity contribution in [2.45, 2.75) is 6.92 Å². The van der Waals surface area contributed by atoms with Gasteiger partial charge in [0.15, 0.2) is 11.5 Å². The largest absolute Gasteiger partial charge is 0.496 e. The Bertz CT molecular complexity index is 880. The highest BCUT2D eigenvalue weighted by atomic mass is 16.5. The fourth-order valence-corrected chi connectivity index (χ4v) is 2.38. The van der Waals surface area contributed by atoms with Gasteiger partial charge in [-0.1, -0.05) is 12.1 Å². The Balaban J connectivity index is 1.87. The summed E-state index contributed by atoms with van der Waals surface area (Å²) in [6, 6.07) is 10.3. The molecular weight excluding hydrogens is 362 g/mol. The van der Waals surface area contributed by atoms with E-state index < -0.39 is 11.8 Å². The van der Waals surface area contributed by atoms with Crippen LogP contribution in [0.5, 0.6) is 17.2 Å². The molecule has 0 bridgehead atoms. The molecule has 8 nitrogen and oxygen atoms in total. The number of aryl methyl sites for hydroxylation is 1. The van der Waals surface area contributed by atoms with E-state index in [0.717, 1.165) is 16.9 Å². The third-order valence-electron chi connectivity index (χ3n) is 3.89. The number of nitrogens with zero attached hydrogens (tertiary/aromatic N) is 1. The monoisotopic (exact) mass is 385 g/mol. The van der Waals surface area contributed by atoms with E-state index >= 15 is 0 Å². The van der Waals surface area contributed by atoms with Gasteiger partial charge in [0.2, 0.25) is 0 Å². The molecule has 0 heterocycles. The zero-order valence-corrected chi connectivity index (χ0v) is 16.2. The first-order valence-electron chi connectivity index (χ1n) is 8.45. The van der Waals surface area contributed by atoms with E-state index in [1.165, 1.54) is 26.5 Å². The average Bonchev–Trinajstić information content (AvgIpc) is 2.72. The van der Waals surface area contributed by atoms with Crippen molar-refractivity contribution in [2.75, 3.05) is 27.9 Å². The zero-order chi connectivity index (χ0) is 20.5. The van der Waals surface area contributed by atoms with E-state index in [2.05, 4.69) is 15.8 Å². The van der Waals surface area contributed by atoms with Crippen LogP contribution in [-0.2, 0) is 4.79 Å². The molecule has 2 aromatic carbocycles. The van der Waals surface area contributed by atoms with Crippen LogP contribution in [0.3, 0.4) is 0 Å². The summed E-state index contributed by atoms with van der Waals surface area (Å²) in [6.07, 6.45) is 1.50. The van der Waals surface area contributed by atoms with Crippen molar-refractivity contribution in [2.24, 2.45) is 5.10 Å². The molecule has 8 heteroatoms. The van der Waals surface area contributed by atoms with Crippen LogP contribution in [0.2, 0.25) is 0 Å². The summed E-state index contributed by atoms with van der Waals surface area (Å²) >= 11 is 0. The Labute approximate surface area is 163 Å². The van der Waals surface area contributed by atoms with Crippen LogP contribution < -0.4 is 25.0 Å². The Kier molecular flexibility index (Phi) is 7.38. The number of hydrazone groups is 1. The molecule has 148 valence electrons. The van der Waals surface area contributed by atoms with E-state index in [9.17, 15) is 9.59 Å². The first-order chi connectivity index (χ1) is 13.5. The SMILES string of the molecule is COc1cc(C=NNC(=O)CNC(=O)c2ccc(OC)c(OC)c2)ccc1C. The fourth-order valence-electron chi connectivity index (χ4n) is 2.38. The van der Waals surface area contributed by atoms with Gasteiger partial charge in [-0.05, 0) is 42.3 Å². The molecule has 28 heavy (non-hydrogen) atoms. The van der Waals surface area contributed by atoms with Crippen LogP contribution >= 0.6 is 0 Å². The molecule has 2 amide bonds. The van der Waals surface area contributed by atoms with Gasteiger partial charge in [-0.3, -0.25) is 9.59 Å². The highest BCUT2D eigenvalue weighted by Gasteiger charge is 2.11. The first-order valence-corrected chi connectivity index (χ1v) is 8.45. The molecule has 2 rings (SSSR count). The Morgan fingerprint density at radius 2 is 1.68 bits per heavy atom. The summed E-state index contributed by atoms with van der Waals surface area (Å²) in [5, 5.41) is 6.40. The van der Waals surface area contributed by atoms with Gasteiger partial charge in [-0.15, -0.1) is 0 Å². The predicted octanol–water partition coefficient (Wildman–Crippen LogP) is 1.90. The van der Waals surface area contributed by atoms with Gasteiger partial charge in [-0.25, -0.2) is 5.43 Å². The summed E-state index contributed by atoms with van der Waals surface area (Å²) in [4.78, 5) is 24.0. The molecule has 0 saturated heterocycles. The third kappa shape index (κ3) is 5.47. The van der Waals surface area contributed by atoms with Gasteiger partial charge in [0, 0.05) is 5.56 Å². The summed E-state index contributed by atoms with van der Waals surface area (Å²) in [6.45, 7) is 1.71. The Morgan fingerprint density at radius 3 is 2.36 bits per heavy atom. The second-order valence-corrected chi connectivity index (χ2v) is 5.77. The standard InChI is InChI=1S/C20H23N3O5/c1-13-5-6-14(9-17(13)27-3)11-22-23-19(24)12-21-20(25)15-7-8-16(26-2)18(10-15)28-4/h5-11H,12H2,1-4H3,(H,21,25)(H,23,24). The number of carbonyl (C=O) groups excluding carboxylic acids is 2. The lowest BCUT2D eigenvalue weighted by molar-refractivity contribution is -0.120. The van der Waals surface area contributed by atoms with E-state index in [0.29, 0.717) is 17.1 Å². The smallest absolute Gasteiger partial charge is 0.259 e. The molecular formula is C20H23N3O5. The first kappa shape index (κ1) is 20.8. The maximum absolute atomic E-state index is 12.2. The van der Waals surface area contributed by atoms with Crippen LogP contribution in [0.15, 0.2) is 41.5 Å². The number of ether oxygens (including phenoxy) is 3. The summed E-state index contributed by atoms with van der Waals surface area (Å²) in [7, 11) is 4.58. The molecule has 2 N–H and O–H groups in total. The molecule has 0 unspecified atom stereocenters. The van der Waals surface area contributed by atoms with Crippen molar-refractivity contribution in [3.05, 3.63) is 53.1 Å². The maximum atomic E-state index is 12.2. The number of rotatable bonds is 8. The zero-order valence-electron chi connectivity index (χ0n) is 16.2. The molecule has 0 spiro atoms. The minimum Gasteiger partial charge on any atom is -0.496 e. The van der Waals surface area contributed by atoms with Crippen molar-refractivity contribution in [3.63, 3.8) is 0 Å². The number of methoxy groups -OCH3 is 3. The highest BCUT2D eigenvalue weighted by Crippen LogP contribution is 2.27. The van der Waals surface area contributed by atoms with E-state index in [1.807, 2.05) is 25.1 Å². The predicted molar refractivity (Wildman–Crippen MR) is 105 cm³/mol. The van der Waals surface area contributed by atoms with Crippen molar-refractivity contribution < 1.29 is 23.8 Å². The molecule has 0 aromatic heterocycles. The van der Waals surface area contributed by atoms with Crippen molar-refractivity contribution in [1.29, 1.82) is 0 Å². The van der Waals surface area contributed by atoms with Crippen LogP contribution in [0.25, 0.3) is 0 Å². The molecule has 0 aliphatic carbocycles. The normalized spacial score (nSPS) is 10.4. The quantitative estimate of drug-likeness (QED) is 0.534. The maximum Gasteiger partial charge on any atom is 0.259 e. The molecule has 0 aliphatic rings. The average molecular weight is 385 g/mol. The number of benzene rings is 2. The second kappa shape index (κ2) is 9.96. The van der Waals surface area contributed by atoms with Crippen molar-refractivity contribution in [1.82, 2.24) is 10.7 Å². The van der Waals surface area contributed by atoms with E-state index in [4.69, 9.17) is 14.2 Å². The molecule has 0 aliphatic heterocycles. The number of hydrogen-bond donors (Lipinski definition) is 2. The van der Waals surface area contributed by atoms with Crippen molar-refractivity contribution in [3.8, 4) is 17.2 Å². The molecule has 0 radical (unpaired) electrons. The van der Waals surface area contributed by atoms with E-state index in [-0.39, 0.29) is 6.54 Å². The number of amides is 2. The number of carbonyl (C=O) groups is 2. The third-order valence-corrected chi connectivity index (χ3v) is 3.89. The van der Waals surface area contributed by atoms with Crippen LogP contribution in [0.1, 0.15) is 21.5 Å². The fraction of sp³-hybridized carbons (Fsp3) is 0.250. The summed E-state index contributed by atoms with van der Waals surface area (Å²) in [5.74, 6) is 0.807. The van der Waals surface area contributed by atoms with Gasteiger partial charge in [0.05, 0.1) is 34.1 Å². The minimum absolute atomic E-state index is 0.220. The minimum atomic E-state index is -0.454. The Morgan fingerprint density at radius 1 is 0.964 bits per heavy atom. The van der Waals surface area contributed by atoms with Gasteiger partial charge < -0.3 is 19.5 Å². The van der Waals surface area contributed by atoms with Gasteiger partial charge >= 0.3 is 0 Å². The Hall–Kier alpha value is -3.55. The lowest BCUT2D eigenvalue weighted by atomic mass is 10.1. The lowest BCUT2D eigenvalue weighted by Gasteiger charge is -2.09. The van der Waals surface area contributed by atoms with E-state index in [1.54, 1.807) is 19.2 Å². The van der Waals surface area contributed by atoms with Gasteiger partial charge in [0.1, 0.15) is 5.75 Å². The van der Waals surface area contributed by atoms with Crippen molar-refractivity contribution >= 4 is 18.0 Å². The summed E-state index contributed by atoms with van der Waals surface area (Å²) < 4.78 is 15.5. The highest BCUT2D eigenvalue weighted by molar-refractivity contribution is 5.97. The molecule has 0 atom stereocenters. The number of nitrogens with one attached hydrogen (secondary N) is 2. The van der Waals surface area contributed by atoms with Crippen LogP contribution in [-0.4, -0.2) is 45.9 Å². The van der Waals surface area contributed by atoms with Crippen LogP contribution in [0, 0.1) is 6.92 Å². The molecule has 0 fully saturated rings. The van der Waals surface area contributed by atoms with Gasteiger partial charge in [-0.2, -0.15) is 5.10 Å². The lowest BCUT2D eigenvalue weighted by Crippen LogP contribution is -2.34. The van der Waals surface area contributed by atoms with Gasteiger partial charge in [0.25, 0.3) is 11.8 Å². The topological polar surface area (TPSA) is 98.2 Å². The second-order valence-electron chi connectivity index (χ2n) is 5.77. The summed E-state index contributed by atoms with van der Waals surface area (Å²) in [5.41, 5.74) is 4.49. The number of hydrogen-bond acceptors (Lipinski definition) is 6. The molecule has 2 aromatic rings. The molecule has 0 saturated carbocycles.